The number of anilines is 1. The van der Waals surface area contributed by atoms with E-state index in [4.69, 9.17) is 4.74 Å². The summed E-state index contributed by atoms with van der Waals surface area (Å²) in [5, 5.41) is 6.25. The zero-order valence-corrected chi connectivity index (χ0v) is 13.0. The molecule has 2 rings (SSSR count). The molecule has 0 aromatic heterocycles. The molecule has 4 heteroatoms. The number of hydrogen-bond acceptors (Lipinski definition) is 3. The van der Waals surface area contributed by atoms with Crippen LogP contribution in [-0.2, 0) is 4.79 Å². The van der Waals surface area contributed by atoms with Crippen LogP contribution >= 0.6 is 0 Å². The van der Waals surface area contributed by atoms with Crippen molar-refractivity contribution in [3.8, 4) is 5.75 Å². The van der Waals surface area contributed by atoms with Gasteiger partial charge < -0.3 is 15.4 Å². The Morgan fingerprint density at radius 2 is 2.10 bits per heavy atom. The first-order chi connectivity index (χ1) is 10.2. The molecule has 0 spiro atoms. The van der Waals surface area contributed by atoms with Gasteiger partial charge in [0.2, 0.25) is 5.91 Å². The highest BCUT2D eigenvalue weighted by Gasteiger charge is 2.20. The van der Waals surface area contributed by atoms with Crippen LogP contribution in [-0.4, -0.2) is 25.6 Å². The predicted octanol–water partition coefficient (Wildman–Crippen LogP) is 3.19. The summed E-state index contributed by atoms with van der Waals surface area (Å²) in [6, 6.07) is 7.82. The van der Waals surface area contributed by atoms with Gasteiger partial charge in [0.05, 0.1) is 13.7 Å². The SMILES string of the molecule is COc1cccc(NC(=O)CNC(C)C2CCCCC2)c1. The van der Waals surface area contributed by atoms with Gasteiger partial charge in [0.25, 0.3) is 0 Å². The Hall–Kier alpha value is -1.55. The molecule has 1 fully saturated rings. The van der Waals surface area contributed by atoms with Gasteiger partial charge in [-0.15, -0.1) is 0 Å². The molecule has 0 saturated heterocycles. The molecule has 21 heavy (non-hydrogen) atoms. The van der Waals surface area contributed by atoms with Crippen LogP contribution in [0.15, 0.2) is 24.3 Å². The topological polar surface area (TPSA) is 50.4 Å². The van der Waals surface area contributed by atoms with E-state index in [2.05, 4.69) is 17.6 Å². The van der Waals surface area contributed by atoms with Crippen LogP contribution in [0.4, 0.5) is 5.69 Å². The molecule has 116 valence electrons. The molecule has 0 radical (unpaired) electrons. The van der Waals surface area contributed by atoms with Crippen molar-refractivity contribution < 1.29 is 9.53 Å². The Morgan fingerprint density at radius 3 is 2.81 bits per heavy atom. The van der Waals surface area contributed by atoms with Gasteiger partial charge in [-0.3, -0.25) is 4.79 Å². The lowest BCUT2D eigenvalue weighted by molar-refractivity contribution is -0.115. The Morgan fingerprint density at radius 1 is 1.33 bits per heavy atom. The van der Waals surface area contributed by atoms with E-state index in [-0.39, 0.29) is 5.91 Å². The zero-order valence-electron chi connectivity index (χ0n) is 13.0. The Bertz CT molecular complexity index is 456. The Balaban J connectivity index is 1.76. The molecule has 1 aliphatic carbocycles. The van der Waals surface area contributed by atoms with E-state index < -0.39 is 0 Å². The van der Waals surface area contributed by atoms with Gasteiger partial charge in [-0.1, -0.05) is 25.3 Å². The fraction of sp³-hybridized carbons (Fsp3) is 0.588. The van der Waals surface area contributed by atoms with Crippen LogP contribution in [0.5, 0.6) is 5.75 Å². The molecule has 1 unspecified atom stereocenters. The fourth-order valence-corrected chi connectivity index (χ4v) is 2.96. The van der Waals surface area contributed by atoms with Gasteiger partial charge in [-0.25, -0.2) is 0 Å². The van der Waals surface area contributed by atoms with Crippen LogP contribution in [0, 0.1) is 5.92 Å². The summed E-state index contributed by atoms with van der Waals surface area (Å²) in [5.41, 5.74) is 0.770. The average Bonchev–Trinajstić information content (AvgIpc) is 2.53. The molecule has 1 amide bonds. The van der Waals surface area contributed by atoms with E-state index in [1.165, 1.54) is 32.1 Å². The predicted molar refractivity (Wildman–Crippen MR) is 85.7 cm³/mol. The van der Waals surface area contributed by atoms with Crippen molar-refractivity contribution in [1.82, 2.24) is 5.32 Å². The molecule has 1 aromatic rings. The van der Waals surface area contributed by atoms with E-state index in [1.54, 1.807) is 7.11 Å². The molecule has 0 aliphatic heterocycles. The summed E-state index contributed by atoms with van der Waals surface area (Å²) in [6.07, 6.45) is 6.58. The van der Waals surface area contributed by atoms with Crippen molar-refractivity contribution in [3.63, 3.8) is 0 Å². The van der Waals surface area contributed by atoms with Crippen LogP contribution in [0.2, 0.25) is 0 Å². The van der Waals surface area contributed by atoms with Crippen LogP contribution in [0.1, 0.15) is 39.0 Å². The minimum absolute atomic E-state index is 0.00841. The van der Waals surface area contributed by atoms with Crippen molar-refractivity contribution in [2.45, 2.75) is 45.1 Å². The van der Waals surface area contributed by atoms with Gasteiger partial charge in [-0.05, 0) is 37.8 Å². The summed E-state index contributed by atoms with van der Waals surface area (Å²) in [7, 11) is 1.62. The third kappa shape index (κ3) is 5.05. The smallest absolute Gasteiger partial charge is 0.238 e. The summed E-state index contributed by atoms with van der Waals surface area (Å²) in [6.45, 7) is 2.55. The highest BCUT2D eigenvalue weighted by molar-refractivity contribution is 5.92. The van der Waals surface area contributed by atoms with Gasteiger partial charge >= 0.3 is 0 Å². The van der Waals surface area contributed by atoms with E-state index in [0.29, 0.717) is 18.5 Å². The summed E-state index contributed by atoms with van der Waals surface area (Å²) in [4.78, 5) is 12.0. The number of ether oxygens (including phenoxy) is 1. The second-order valence-corrected chi connectivity index (χ2v) is 5.85. The highest BCUT2D eigenvalue weighted by Crippen LogP contribution is 2.26. The normalized spacial score (nSPS) is 17.2. The first kappa shape index (κ1) is 15.8. The quantitative estimate of drug-likeness (QED) is 0.846. The van der Waals surface area contributed by atoms with E-state index in [9.17, 15) is 4.79 Å². The van der Waals surface area contributed by atoms with Crippen LogP contribution in [0.3, 0.4) is 0 Å². The van der Waals surface area contributed by atoms with Crippen LogP contribution in [0.25, 0.3) is 0 Å². The summed E-state index contributed by atoms with van der Waals surface area (Å²) >= 11 is 0. The average molecular weight is 290 g/mol. The van der Waals surface area contributed by atoms with Crippen molar-refractivity contribution in [2.75, 3.05) is 19.0 Å². The minimum atomic E-state index is -0.00841. The highest BCUT2D eigenvalue weighted by atomic mass is 16.5. The van der Waals surface area contributed by atoms with Gasteiger partial charge in [0.15, 0.2) is 0 Å². The first-order valence-electron chi connectivity index (χ1n) is 7.86. The number of carbonyl (C=O) groups is 1. The zero-order chi connectivity index (χ0) is 15.1. The molecular formula is C17H26N2O2. The number of carbonyl (C=O) groups excluding carboxylic acids is 1. The molecule has 4 nitrogen and oxygen atoms in total. The van der Waals surface area contributed by atoms with Crippen molar-refractivity contribution in [2.24, 2.45) is 5.92 Å². The number of nitrogens with one attached hydrogen (secondary N) is 2. The summed E-state index contributed by atoms with van der Waals surface area (Å²) < 4.78 is 5.15. The summed E-state index contributed by atoms with van der Waals surface area (Å²) in [5.74, 6) is 1.45. The van der Waals surface area contributed by atoms with Gasteiger partial charge in [0.1, 0.15) is 5.75 Å². The number of amides is 1. The van der Waals surface area contributed by atoms with Crippen molar-refractivity contribution >= 4 is 11.6 Å². The first-order valence-corrected chi connectivity index (χ1v) is 7.86. The largest absolute Gasteiger partial charge is 0.497 e. The van der Waals surface area contributed by atoms with Crippen LogP contribution < -0.4 is 15.4 Å². The minimum Gasteiger partial charge on any atom is -0.497 e. The maximum atomic E-state index is 12.0. The number of methoxy groups -OCH3 is 1. The molecule has 1 atom stereocenters. The molecule has 0 heterocycles. The third-order valence-electron chi connectivity index (χ3n) is 4.30. The standard InChI is InChI=1S/C17H26N2O2/c1-13(14-7-4-3-5-8-14)18-12-17(20)19-15-9-6-10-16(11-15)21-2/h6,9-11,13-14,18H,3-5,7-8,12H2,1-2H3,(H,19,20). The van der Waals surface area contributed by atoms with Crippen molar-refractivity contribution in [3.05, 3.63) is 24.3 Å². The monoisotopic (exact) mass is 290 g/mol. The fourth-order valence-electron chi connectivity index (χ4n) is 2.96. The Kier molecular flexibility index (Phi) is 6.05. The van der Waals surface area contributed by atoms with Gasteiger partial charge in [-0.2, -0.15) is 0 Å². The maximum absolute atomic E-state index is 12.0. The Labute approximate surface area is 127 Å². The number of rotatable bonds is 6. The second kappa shape index (κ2) is 8.03. The van der Waals surface area contributed by atoms with E-state index in [0.717, 1.165) is 11.4 Å². The lowest BCUT2D eigenvalue weighted by Gasteiger charge is -2.28. The van der Waals surface area contributed by atoms with E-state index >= 15 is 0 Å². The van der Waals surface area contributed by atoms with E-state index in [1.807, 2.05) is 24.3 Å². The second-order valence-electron chi connectivity index (χ2n) is 5.85. The molecule has 1 saturated carbocycles. The molecular weight excluding hydrogens is 264 g/mol. The third-order valence-corrected chi connectivity index (χ3v) is 4.30. The number of hydrogen-bond donors (Lipinski definition) is 2. The molecule has 1 aliphatic rings. The molecule has 0 bridgehead atoms. The lowest BCUT2D eigenvalue weighted by Crippen LogP contribution is -2.39. The lowest BCUT2D eigenvalue weighted by atomic mass is 9.84. The molecule has 2 N–H and O–H groups in total. The van der Waals surface area contributed by atoms with Crippen molar-refractivity contribution in [1.29, 1.82) is 0 Å². The van der Waals surface area contributed by atoms with Gasteiger partial charge in [0, 0.05) is 17.8 Å². The molecule has 1 aromatic carbocycles. The maximum Gasteiger partial charge on any atom is 0.238 e. The number of benzene rings is 1.